The molecule has 22 heavy (non-hydrogen) atoms. The fourth-order valence-electron chi connectivity index (χ4n) is 2.25. The Morgan fingerprint density at radius 2 is 2.05 bits per heavy atom. The van der Waals surface area contributed by atoms with E-state index in [1.54, 1.807) is 35.5 Å². The summed E-state index contributed by atoms with van der Waals surface area (Å²) in [5.41, 5.74) is 2.03. The number of carbonyl (C=O) groups excluding carboxylic acids is 1. The summed E-state index contributed by atoms with van der Waals surface area (Å²) in [6.45, 7) is 2.89. The monoisotopic (exact) mass is 298 g/mol. The highest BCUT2D eigenvalue weighted by molar-refractivity contribution is 6.10. The molecule has 0 fully saturated rings. The Balaban J connectivity index is 1.82. The van der Waals surface area contributed by atoms with Crippen LogP contribution in [0.15, 0.2) is 47.7 Å². The molecular weight excluding hydrogens is 283 g/mol. The van der Waals surface area contributed by atoms with Crippen LogP contribution in [0.25, 0.3) is 0 Å². The largest absolute Gasteiger partial charge is 0.325 e. The molecule has 0 atom stereocenters. The highest BCUT2D eigenvalue weighted by Crippen LogP contribution is 2.18. The summed E-state index contributed by atoms with van der Waals surface area (Å²) in [5, 5.41) is 3.05. The van der Waals surface area contributed by atoms with Crippen molar-refractivity contribution in [3.63, 3.8) is 0 Å². The van der Waals surface area contributed by atoms with Gasteiger partial charge in [-0.2, -0.15) is 0 Å². The summed E-state index contributed by atoms with van der Waals surface area (Å²) in [7, 11) is 0. The topological polar surface area (TPSA) is 57.6 Å². The standard InChI is InChI=1S/C16H15FN4O/c1-11-2-3-13(17)10-14(11)20-16-19-8-9-21(16)15(22)12-4-6-18-7-5-12/h2-7,10H,8-9H2,1H3,(H,19,20). The average Bonchev–Trinajstić information content (AvgIpc) is 2.99. The SMILES string of the molecule is Cc1ccc(F)cc1NC1=NCCN1C(=O)c1ccncc1. The third-order valence-electron chi connectivity index (χ3n) is 3.46. The van der Waals surface area contributed by atoms with Crippen LogP contribution in [0, 0.1) is 12.7 Å². The number of hydrogen-bond donors (Lipinski definition) is 1. The minimum atomic E-state index is -0.335. The summed E-state index contributed by atoms with van der Waals surface area (Å²) in [6, 6.07) is 7.79. The Labute approximate surface area is 127 Å². The van der Waals surface area contributed by atoms with E-state index in [1.807, 2.05) is 6.92 Å². The molecule has 3 rings (SSSR count). The molecule has 0 aliphatic carbocycles. The molecule has 0 bridgehead atoms. The van der Waals surface area contributed by atoms with Crippen molar-refractivity contribution in [3.05, 3.63) is 59.7 Å². The van der Waals surface area contributed by atoms with E-state index in [0.717, 1.165) is 5.56 Å². The number of carbonyl (C=O) groups is 1. The van der Waals surface area contributed by atoms with E-state index >= 15 is 0 Å². The molecule has 1 amide bonds. The number of benzene rings is 1. The van der Waals surface area contributed by atoms with Crippen LogP contribution in [0.1, 0.15) is 15.9 Å². The highest BCUT2D eigenvalue weighted by Gasteiger charge is 2.25. The van der Waals surface area contributed by atoms with Gasteiger partial charge in [-0.3, -0.25) is 19.7 Å². The number of rotatable bonds is 2. The summed E-state index contributed by atoms with van der Waals surface area (Å²) in [5.74, 6) is -0.0468. The van der Waals surface area contributed by atoms with E-state index in [9.17, 15) is 9.18 Å². The molecule has 1 N–H and O–H groups in total. The Hall–Kier alpha value is -2.76. The van der Waals surface area contributed by atoms with Crippen LogP contribution in [-0.4, -0.2) is 34.8 Å². The van der Waals surface area contributed by atoms with Crippen molar-refractivity contribution in [2.45, 2.75) is 6.92 Å². The maximum Gasteiger partial charge on any atom is 0.260 e. The Morgan fingerprint density at radius 3 is 2.82 bits per heavy atom. The predicted molar refractivity (Wildman–Crippen MR) is 82.3 cm³/mol. The summed E-state index contributed by atoms with van der Waals surface area (Å²) in [4.78, 5) is 22.3. The lowest BCUT2D eigenvalue weighted by Crippen LogP contribution is -2.38. The minimum absolute atomic E-state index is 0.153. The molecule has 2 aromatic rings. The zero-order valence-electron chi connectivity index (χ0n) is 12.1. The number of aryl methyl sites for hydroxylation is 1. The van der Waals surface area contributed by atoms with Crippen molar-refractivity contribution in [2.24, 2.45) is 4.99 Å². The number of anilines is 1. The van der Waals surface area contributed by atoms with Gasteiger partial charge in [0.15, 0.2) is 0 Å². The quantitative estimate of drug-likeness (QED) is 0.926. The molecule has 2 heterocycles. The van der Waals surface area contributed by atoms with E-state index < -0.39 is 0 Å². The summed E-state index contributed by atoms with van der Waals surface area (Å²) in [6.07, 6.45) is 3.15. The van der Waals surface area contributed by atoms with Gasteiger partial charge in [0.1, 0.15) is 5.82 Å². The van der Waals surface area contributed by atoms with Crippen molar-refractivity contribution in [3.8, 4) is 0 Å². The summed E-state index contributed by atoms with van der Waals surface area (Å²) < 4.78 is 13.4. The predicted octanol–water partition coefficient (Wildman–Crippen LogP) is 2.45. The first-order valence-electron chi connectivity index (χ1n) is 6.94. The first-order chi connectivity index (χ1) is 10.6. The zero-order chi connectivity index (χ0) is 15.5. The van der Waals surface area contributed by atoms with E-state index in [-0.39, 0.29) is 11.7 Å². The van der Waals surface area contributed by atoms with Crippen LogP contribution in [-0.2, 0) is 0 Å². The molecule has 6 heteroatoms. The molecule has 0 spiro atoms. The molecule has 0 saturated carbocycles. The second kappa shape index (κ2) is 5.93. The first kappa shape index (κ1) is 14.2. The van der Waals surface area contributed by atoms with Crippen molar-refractivity contribution in [2.75, 3.05) is 18.4 Å². The van der Waals surface area contributed by atoms with Crippen molar-refractivity contribution >= 4 is 17.6 Å². The first-order valence-corrected chi connectivity index (χ1v) is 6.94. The number of hydrogen-bond acceptors (Lipinski definition) is 4. The maximum atomic E-state index is 13.4. The van der Waals surface area contributed by atoms with Gasteiger partial charge in [0, 0.05) is 30.2 Å². The van der Waals surface area contributed by atoms with E-state index in [4.69, 9.17) is 0 Å². The van der Waals surface area contributed by atoms with Crippen LogP contribution in [0.2, 0.25) is 0 Å². The molecule has 1 aromatic heterocycles. The van der Waals surface area contributed by atoms with Gasteiger partial charge in [-0.15, -0.1) is 0 Å². The summed E-state index contributed by atoms with van der Waals surface area (Å²) >= 11 is 0. The maximum absolute atomic E-state index is 13.4. The van der Waals surface area contributed by atoms with Gasteiger partial charge in [0.05, 0.1) is 6.54 Å². The Morgan fingerprint density at radius 1 is 1.27 bits per heavy atom. The Kier molecular flexibility index (Phi) is 3.82. The molecular formula is C16H15FN4O. The van der Waals surface area contributed by atoms with E-state index in [0.29, 0.717) is 30.3 Å². The fourth-order valence-corrected chi connectivity index (χ4v) is 2.25. The van der Waals surface area contributed by atoms with Crippen LogP contribution in [0.5, 0.6) is 0 Å². The van der Waals surface area contributed by atoms with Crippen LogP contribution < -0.4 is 5.32 Å². The third-order valence-corrected chi connectivity index (χ3v) is 3.46. The highest BCUT2D eigenvalue weighted by atomic mass is 19.1. The molecule has 0 radical (unpaired) electrons. The van der Waals surface area contributed by atoms with Crippen LogP contribution in [0.3, 0.4) is 0 Å². The van der Waals surface area contributed by atoms with E-state index in [2.05, 4.69) is 15.3 Å². The van der Waals surface area contributed by atoms with E-state index in [1.165, 1.54) is 12.1 Å². The molecule has 1 aliphatic rings. The second-order valence-electron chi connectivity index (χ2n) is 4.98. The van der Waals surface area contributed by atoms with Gasteiger partial charge in [-0.05, 0) is 36.8 Å². The molecule has 1 aliphatic heterocycles. The number of nitrogens with zero attached hydrogens (tertiary/aromatic N) is 3. The van der Waals surface area contributed by atoms with Gasteiger partial charge in [0.25, 0.3) is 5.91 Å². The van der Waals surface area contributed by atoms with Crippen molar-refractivity contribution in [1.29, 1.82) is 0 Å². The zero-order valence-corrected chi connectivity index (χ0v) is 12.1. The minimum Gasteiger partial charge on any atom is -0.325 e. The molecule has 5 nitrogen and oxygen atoms in total. The number of aliphatic imine (C=N–C) groups is 1. The van der Waals surface area contributed by atoms with Gasteiger partial charge in [-0.25, -0.2) is 4.39 Å². The number of amides is 1. The second-order valence-corrected chi connectivity index (χ2v) is 4.98. The number of halogens is 1. The lowest BCUT2D eigenvalue weighted by molar-refractivity contribution is 0.0857. The fraction of sp³-hybridized carbons (Fsp3) is 0.188. The lowest BCUT2D eigenvalue weighted by atomic mass is 10.2. The lowest BCUT2D eigenvalue weighted by Gasteiger charge is -2.20. The van der Waals surface area contributed by atoms with Gasteiger partial charge in [-0.1, -0.05) is 6.07 Å². The Bertz CT molecular complexity index is 730. The van der Waals surface area contributed by atoms with Crippen LogP contribution in [0.4, 0.5) is 10.1 Å². The number of pyridine rings is 1. The van der Waals surface area contributed by atoms with Crippen LogP contribution >= 0.6 is 0 Å². The van der Waals surface area contributed by atoms with Gasteiger partial charge in [0.2, 0.25) is 5.96 Å². The van der Waals surface area contributed by atoms with Crippen molar-refractivity contribution in [1.82, 2.24) is 9.88 Å². The number of guanidine groups is 1. The van der Waals surface area contributed by atoms with Crippen molar-refractivity contribution < 1.29 is 9.18 Å². The molecule has 1 aromatic carbocycles. The smallest absolute Gasteiger partial charge is 0.260 e. The number of aromatic nitrogens is 1. The molecule has 0 unspecified atom stereocenters. The van der Waals surface area contributed by atoms with Gasteiger partial charge < -0.3 is 5.32 Å². The third kappa shape index (κ3) is 2.81. The normalized spacial score (nSPS) is 13.9. The molecule has 112 valence electrons. The average molecular weight is 298 g/mol. The molecule has 0 saturated heterocycles. The number of nitrogens with one attached hydrogen (secondary N) is 1. The van der Waals surface area contributed by atoms with Gasteiger partial charge >= 0.3 is 0 Å².